The van der Waals surface area contributed by atoms with Crippen LogP contribution in [0.4, 0.5) is 0 Å². The topological polar surface area (TPSA) is 70.7 Å². The fourth-order valence-corrected chi connectivity index (χ4v) is 3.55. The molecule has 0 radical (unpaired) electrons. The van der Waals surface area contributed by atoms with E-state index in [9.17, 15) is 4.79 Å². The van der Waals surface area contributed by atoms with Gasteiger partial charge in [-0.1, -0.05) is 48.5 Å². The lowest BCUT2D eigenvalue weighted by Gasteiger charge is -2.10. The summed E-state index contributed by atoms with van der Waals surface area (Å²) in [5.41, 5.74) is 6.51. The minimum absolute atomic E-state index is 0.0337. The van der Waals surface area contributed by atoms with E-state index in [0.717, 1.165) is 40.2 Å². The summed E-state index contributed by atoms with van der Waals surface area (Å²) in [4.78, 5) is 24.6. The van der Waals surface area contributed by atoms with Crippen LogP contribution in [-0.2, 0) is 6.42 Å². The van der Waals surface area contributed by atoms with Crippen molar-refractivity contribution in [3.63, 3.8) is 0 Å². The number of amides is 1. The summed E-state index contributed by atoms with van der Waals surface area (Å²) in [7, 11) is 0. The molecule has 0 saturated carbocycles. The summed E-state index contributed by atoms with van der Waals surface area (Å²) in [6.07, 6.45) is 2.56. The number of nitrogens with one attached hydrogen (secondary N) is 2. The molecule has 0 atom stereocenters. The van der Waals surface area contributed by atoms with Crippen LogP contribution in [0.1, 0.15) is 16.1 Å². The molecule has 1 amide bonds. The lowest BCUT2D eigenvalue weighted by atomic mass is 10.0. The second-order valence-electron chi connectivity index (χ2n) is 6.79. The molecule has 2 N–H and O–H groups in total. The summed E-state index contributed by atoms with van der Waals surface area (Å²) >= 11 is 0. The van der Waals surface area contributed by atoms with E-state index in [1.165, 1.54) is 0 Å². The van der Waals surface area contributed by atoms with Gasteiger partial charge in [0.05, 0.1) is 17.0 Å². The molecule has 1 aliphatic rings. The Balaban J connectivity index is 1.53. The number of rotatable bonds is 3. The number of carbonyl (C=O) groups is 1. The zero-order chi connectivity index (χ0) is 18.9. The van der Waals surface area contributed by atoms with E-state index in [2.05, 4.69) is 39.6 Å². The van der Waals surface area contributed by atoms with Crippen LogP contribution >= 0.6 is 0 Å². The number of benzene rings is 2. The van der Waals surface area contributed by atoms with Crippen molar-refractivity contribution in [2.24, 2.45) is 0 Å². The Kier molecular flexibility index (Phi) is 3.98. The molecule has 136 valence electrons. The number of carbonyl (C=O) groups excluding carboxylic acids is 1. The van der Waals surface area contributed by atoms with Crippen LogP contribution in [0.25, 0.3) is 33.9 Å². The van der Waals surface area contributed by atoms with Crippen LogP contribution < -0.4 is 5.32 Å². The highest BCUT2D eigenvalue weighted by Crippen LogP contribution is 2.27. The van der Waals surface area contributed by atoms with Crippen LogP contribution in [0, 0.1) is 0 Å². The zero-order valence-corrected chi connectivity index (χ0v) is 15.1. The van der Waals surface area contributed by atoms with E-state index in [0.29, 0.717) is 17.9 Å². The fraction of sp³-hybridized carbons (Fsp3) is 0.0870. The van der Waals surface area contributed by atoms with Crippen molar-refractivity contribution in [3.05, 3.63) is 84.2 Å². The molecule has 5 rings (SSSR count). The van der Waals surface area contributed by atoms with Gasteiger partial charge in [0.2, 0.25) is 0 Å². The number of hydrogen-bond acceptors (Lipinski definition) is 3. The fourth-order valence-electron chi connectivity index (χ4n) is 3.55. The van der Waals surface area contributed by atoms with Gasteiger partial charge < -0.3 is 10.3 Å². The molecule has 28 heavy (non-hydrogen) atoms. The SMILES string of the molecule is O=C1NCCc2[nH]c(-c3ccnc(-c4cccc(-c5ccccc5)c4)n3)cc21. The Morgan fingerprint density at radius 1 is 0.857 bits per heavy atom. The van der Waals surface area contributed by atoms with Crippen molar-refractivity contribution in [1.82, 2.24) is 20.3 Å². The Morgan fingerprint density at radius 2 is 1.68 bits per heavy atom. The van der Waals surface area contributed by atoms with Crippen LogP contribution in [0.3, 0.4) is 0 Å². The standard InChI is InChI=1S/C23H18N4O/c28-23-18-14-21(26-19(18)9-12-25-23)20-10-11-24-22(27-20)17-8-4-7-16(13-17)15-5-2-1-3-6-15/h1-8,10-11,13-14,26H,9,12H2,(H,25,28). The number of nitrogens with zero attached hydrogens (tertiary/aromatic N) is 2. The maximum absolute atomic E-state index is 12.0. The number of aromatic nitrogens is 3. The largest absolute Gasteiger partial charge is 0.356 e. The number of H-pyrrole nitrogens is 1. The lowest BCUT2D eigenvalue weighted by Crippen LogP contribution is -2.31. The third kappa shape index (κ3) is 2.97. The zero-order valence-electron chi connectivity index (χ0n) is 15.1. The predicted octanol–water partition coefficient (Wildman–Crippen LogP) is 4.09. The molecule has 0 saturated heterocycles. The summed E-state index contributed by atoms with van der Waals surface area (Å²) in [5, 5.41) is 2.87. The van der Waals surface area contributed by atoms with Gasteiger partial charge in [-0.25, -0.2) is 9.97 Å². The van der Waals surface area contributed by atoms with Gasteiger partial charge in [0.25, 0.3) is 5.91 Å². The monoisotopic (exact) mass is 366 g/mol. The van der Waals surface area contributed by atoms with Crippen molar-refractivity contribution in [1.29, 1.82) is 0 Å². The van der Waals surface area contributed by atoms with Crippen LogP contribution in [0.5, 0.6) is 0 Å². The number of aromatic amines is 1. The molecule has 2 aromatic carbocycles. The number of fused-ring (bicyclic) bond motifs is 1. The highest BCUT2D eigenvalue weighted by molar-refractivity contribution is 5.97. The summed E-state index contributed by atoms with van der Waals surface area (Å²) in [6.45, 7) is 0.660. The first kappa shape index (κ1) is 16.4. The van der Waals surface area contributed by atoms with Crippen LogP contribution in [-0.4, -0.2) is 27.4 Å². The Hall–Kier alpha value is -3.73. The van der Waals surface area contributed by atoms with Gasteiger partial charge in [0.1, 0.15) is 0 Å². The maximum atomic E-state index is 12.0. The minimum Gasteiger partial charge on any atom is -0.356 e. The maximum Gasteiger partial charge on any atom is 0.253 e. The van der Waals surface area contributed by atoms with E-state index in [1.807, 2.05) is 42.5 Å². The molecule has 0 fully saturated rings. The minimum atomic E-state index is -0.0337. The number of hydrogen-bond donors (Lipinski definition) is 2. The Bertz CT molecular complexity index is 1160. The average Bonchev–Trinajstić information content (AvgIpc) is 3.21. The molecule has 5 nitrogen and oxygen atoms in total. The lowest BCUT2D eigenvalue weighted by molar-refractivity contribution is 0.0946. The molecule has 0 spiro atoms. The quantitative estimate of drug-likeness (QED) is 0.574. The van der Waals surface area contributed by atoms with E-state index in [-0.39, 0.29) is 5.91 Å². The van der Waals surface area contributed by atoms with Gasteiger partial charge in [-0.2, -0.15) is 0 Å². The third-order valence-corrected chi connectivity index (χ3v) is 4.96. The summed E-state index contributed by atoms with van der Waals surface area (Å²) in [6, 6.07) is 22.2. The highest BCUT2D eigenvalue weighted by Gasteiger charge is 2.20. The van der Waals surface area contributed by atoms with Gasteiger partial charge in [-0.3, -0.25) is 4.79 Å². The van der Waals surface area contributed by atoms with Crippen molar-refractivity contribution in [3.8, 4) is 33.9 Å². The molecule has 0 bridgehead atoms. The third-order valence-electron chi connectivity index (χ3n) is 4.96. The molecule has 3 heterocycles. The van der Waals surface area contributed by atoms with E-state index in [4.69, 9.17) is 4.98 Å². The Labute approximate surface area is 162 Å². The molecule has 0 unspecified atom stereocenters. The van der Waals surface area contributed by atoms with Crippen LogP contribution in [0.15, 0.2) is 72.9 Å². The molecular weight excluding hydrogens is 348 g/mol. The first-order chi connectivity index (χ1) is 13.8. The van der Waals surface area contributed by atoms with Crippen molar-refractivity contribution in [2.75, 3.05) is 6.54 Å². The van der Waals surface area contributed by atoms with Crippen molar-refractivity contribution >= 4 is 5.91 Å². The molecular formula is C23H18N4O. The van der Waals surface area contributed by atoms with E-state index >= 15 is 0 Å². The molecule has 4 aromatic rings. The second kappa shape index (κ2) is 6.78. The average molecular weight is 366 g/mol. The smallest absolute Gasteiger partial charge is 0.253 e. The molecule has 2 aromatic heterocycles. The predicted molar refractivity (Wildman–Crippen MR) is 109 cm³/mol. The molecule has 0 aliphatic carbocycles. The van der Waals surface area contributed by atoms with E-state index in [1.54, 1.807) is 6.20 Å². The van der Waals surface area contributed by atoms with Gasteiger partial charge in [0, 0.05) is 30.4 Å². The Morgan fingerprint density at radius 3 is 2.54 bits per heavy atom. The van der Waals surface area contributed by atoms with Crippen molar-refractivity contribution < 1.29 is 4.79 Å². The second-order valence-corrected chi connectivity index (χ2v) is 6.79. The van der Waals surface area contributed by atoms with E-state index < -0.39 is 0 Å². The normalized spacial score (nSPS) is 13.1. The summed E-state index contributed by atoms with van der Waals surface area (Å²) in [5.74, 6) is 0.626. The molecule has 1 aliphatic heterocycles. The molecule has 5 heteroatoms. The summed E-state index contributed by atoms with van der Waals surface area (Å²) < 4.78 is 0. The van der Waals surface area contributed by atoms with Crippen LogP contribution in [0.2, 0.25) is 0 Å². The van der Waals surface area contributed by atoms with Gasteiger partial charge in [-0.05, 0) is 29.3 Å². The van der Waals surface area contributed by atoms with Crippen molar-refractivity contribution in [2.45, 2.75) is 6.42 Å². The first-order valence-corrected chi connectivity index (χ1v) is 9.27. The highest BCUT2D eigenvalue weighted by atomic mass is 16.1. The van der Waals surface area contributed by atoms with Gasteiger partial charge in [-0.15, -0.1) is 0 Å². The first-order valence-electron chi connectivity index (χ1n) is 9.27. The van der Waals surface area contributed by atoms with Gasteiger partial charge >= 0.3 is 0 Å². The van der Waals surface area contributed by atoms with Gasteiger partial charge in [0.15, 0.2) is 5.82 Å².